The zero-order valence-electron chi connectivity index (χ0n) is 14.1. The third-order valence-corrected chi connectivity index (χ3v) is 2.95. The molecule has 0 saturated carbocycles. The van der Waals surface area contributed by atoms with Gasteiger partial charge in [-0.1, -0.05) is 12.1 Å². The fourth-order valence-electron chi connectivity index (χ4n) is 1.95. The number of carbonyl (C=O) groups excluding carboxylic acids is 1. The van der Waals surface area contributed by atoms with Gasteiger partial charge in [-0.15, -0.1) is 0 Å². The Bertz CT molecular complexity index is 548. The highest BCUT2D eigenvalue weighted by molar-refractivity contribution is 5.92. The number of carbonyl (C=O) groups is 2. The molecule has 1 amide bonds. The van der Waals surface area contributed by atoms with Gasteiger partial charge in [0, 0.05) is 6.54 Å². The van der Waals surface area contributed by atoms with E-state index in [9.17, 15) is 14.7 Å². The van der Waals surface area contributed by atoms with Crippen molar-refractivity contribution in [3.05, 3.63) is 29.3 Å². The molecule has 1 rings (SSSR count). The number of aromatic carboxylic acids is 1. The first kappa shape index (κ1) is 18.8. The van der Waals surface area contributed by atoms with Crippen molar-refractivity contribution in [1.82, 2.24) is 5.32 Å². The Kier molecular flexibility index (Phi) is 6.88. The zero-order valence-corrected chi connectivity index (χ0v) is 14.1. The minimum absolute atomic E-state index is 0.194. The van der Waals surface area contributed by atoms with Crippen molar-refractivity contribution in [3.8, 4) is 5.75 Å². The first-order valence-electron chi connectivity index (χ1n) is 7.63. The van der Waals surface area contributed by atoms with Crippen LogP contribution in [0.5, 0.6) is 5.75 Å². The predicted molar refractivity (Wildman–Crippen MR) is 87.1 cm³/mol. The van der Waals surface area contributed by atoms with Crippen LogP contribution in [-0.4, -0.2) is 35.9 Å². The second kappa shape index (κ2) is 8.41. The molecule has 0 unspecified atom stereocenters. The quantitative estimate of drug-likeness (QED) is 0.751. The van der Waals surface area contributed by atoms with E-state index in [0.717, 1.165) is 0 Å². The first-order chi connectivity index (χ1) is 10.7. The summed E-state index contributed by atoms with van der Waals surface area (Å²) in [5.41, 5.74) is 0.354. The van der Waals surface area contributed by atoms with Gasteiger partial charge >= 0.3 is 12.1 Å². The third kappa shape index (κ3) is 7.04. The highest BCUT2D eigenvalue weighted by atomic mass is 16.6. The number of ether oxygens (including phenoxy) is 2. The van der Waals surface area contributed by atoms with Crippen LogP contribution in [0, 0.1) is 6.92 Å². The second-order valence-corrected chi connectivity index (χ2v) is 6.24. The van der Waals surface area contributed by atoms with Crippen LogP contribution in [0.25, 0.3) is 0 Å². The number of hydrogen-bond acceptors (Lipinski definition) is 4. The molecule has 0 saturated heterocycles. The number of nitrogens with one attached hydrogen (secondary N) is 1. The van der Waals surface area contributed by atoms with Crippen molar-refractivity contribution in [2.75, 3.05) is 13.2 Å². The lowest BCUT2D eigenvalue weighted by atomic mass is 10.1. The Labute approximate surface area is 136 Å². The van der Waals surface area contributed by atoms with Crippen LogP contribution in [0.3, 0.4) is 0 Å². The van der Waals surface area contributed by atoms with Crippen molar-refractivity contribution in [1.29, 1.82) is 0 Å². The van der Waals surface area contributed by atoms with E-state index in [1.807, 2.05) is 20.8 Å². The van der Waals surface area contributed by atoms with Crippen molar-refractivity contribution < 1.29 is 24.2 Å². The Hall–Kier alpha value is -2.24. The summed E-state index contributed by atoms with van der Waals surface area (Å²) in [7, 11) is 0. The van der Waals surface area contributed by atoms with Crippen LogP contribution in [0.15, 0.2) is 18.2 Å². The topological polar surface area (TPSA) is 84.9 Å². The number of carboxylic acids is 1. The van der Waals surface area contributed by atoms with Gasteiger partial charge in [0.05, 0.1) is 6.61 Å². The minimum atomic E-state index is -0.996. The molecule has 0 heterocycles. The summed E-state index contributed by atoms with van der Waals surface area (Å²) in [6.07, 6.45) is 0.973. The molecule has 0 spiro atoms. The number of benzene rings is 1. The maximum Gasteiger partial charge on any atom is 0.407 e. The number of hydrogen-bond donors (Lipinski definition) is 2. The summed E-state index contributed by atoms with van der Waals surface area (Å²) in [6.45, 7) is 8.03. The SMILES string of the molecule is Cc1cccc(OCCCCNC(=O)OC(C)(C)C)c1C(=O)O. The van der Waals surface area contributed by atoms with Crippen LogP contribution in [-0.2, 0) is 4.74 Å². The van der Waals surface area contributed by atoms with Gasteiger partial charge in [-0.05, 0) is 52.2 Å². The predicted octanol–water partition coefficient (Wildman–Crippen LogP) is 3.38. The molecule has 1 aromatic carbocycles. The summed E-state index contributed by atoms with van der Waals surface area (Å²) >= 11 is 0. The zero-order chi connectivity index (χ0) is 17.5. The number of rotatable bonds is 7. The molecule has 23 heavy (non-hydrogen) atoms. The summed E-state index contributed by atoms with van der Waals surface area (Å²) in [5, 5.41) is 11.9. The molecule has 0 aliphatic rings. The molecule has 0 atom stereocenters. The van der Waals surface area contributed by atoms with E-state index in [1.54, 1.807) is 25.1 Å². The molecular weight excluding hydrogens is 298 g/mol. The first-order valence-corrected chi connectivity index (χ1v) is 7.63. The van der Waals surface area contributed by atoms with E-state index in [0.29, 0.717) is 37.3 Å². The van der Waals surface area contributed by atoms with Crippen LogP contribution in [0.2, 0.25) is 0 Å². The lowest BCUT2D eigenvalue weighted by Gasteiger charge is -2.19. The Morgan fingerprint density at radius 2 is 1.91 bits per heavy atom. The van der Waals surface area contributed by atoms with E-state index in [-0.39, 0.29) is 5.56 Å². The highest BCUT2D eigenvalue weighted by Crippen LogP contribution is 2.22. The fraction of sp³-hybridized carbons (Fsp3) is 0.529. The molecule has 6 nitrogen and oxygen atoms in total. The summed E-state index contributed by atoms with van der Waals surface area (Å²) in [5.74, 6) is -0.623. The van der Waals surface area contributed by atoms with Crippen LogP contribution in [0.1, 0.15) is 49.5 Å². The van der Waals surface area contributed by atoms with E-state index in [4.69, 9.17) is 9.47 Å². The van der Waals surface area contributed by atoms with E-state index in [1.165, 1.54) is 0 Å². The van der Waals surface area contributed by atoms with Gasteiger partial charge in [-0.3, -0.25) is 0 Å². The van der Waals surface area contributed by atoms with Crippen molar-refractivity contribution in [3.63, 3.8) is 0 Å². The van der Waals surface area contributed by atoms with Gasteiger partial charge in [0.1, 0.15) is 16.9 Å². The fourth-order valence-corrected chi connectivity index (χ4v) is 1.95. The normalized spacial score (nSPS) is 11.0. The van der Waals surface area contributed by atoms with Gasteiger partial charge in [-0.2, -0.15) is 0 Å². The maximum atomic E-state index is 11.4. The van der Waals surface area contributed by atoms with Gasteiger partial charge in [0.25, 0.3) is 0 Å². The molecule has 0 aliphatic heterocycles. The smallest absolute Gasteiger partial charge is 0.407 e. The lowest BCUT2D eigenvalue weighted by Crippen LogP contribution is -2.33. The Morgan fingerprint density at radius 3 is 2.52 bits per heavy atom. The van der Waals surface area contributed by atoms with Gasteiger partial charge in [-0.25, -0.2) is 9.59 Å². The number of unbranched alkanes of at least 4 members (excludes halogenated alkanes) is 1. The van der Waals surface area contributed by atoms with Crippen molar-refractivity contribution in [2.24, 2.45) is 0 Å². The largest absolute Gasteiger partial charge is 0.493 e. The number of aryl methyl sites for hydroxylation is 1. The van der Waals surface area contributed by atoms with E-state index < -0.39 is 17.7 Å². The lowest BCUT2D eigenvalue weighted by molar-refractivity contribution is 0.0525. The van der Waals surface area contributed by atoms with Gasteiger partial charge in [0.2, 0.25) is 0 Å². The molecular formula is C17H25NO5. The summed E-state index contributed by atoms with van der Waals surface area (Å²) < 4.78 is 10.7. The standard InChI is InChI=1S/C17H25NO5/c1-12-8-7-9-13(14(12)15(19)20)22-11-6-5-10-18-16(21)23-17(2,3)4/h7-9H,5-6,10-11H2,1-4H3,(H,18,21)(H,19,20). The molecule has 0 fully saturated rings. The molecule has 0 aromatic heterocycles. The summed E-state index contributed by atoms with van der Waals surface area (Å²) in [4.78, 5) is 22.7. The monoisotopic (exact) mass is 323 g/mol. The average molecular weight is 323 g/mol. The second-order valence-electron chi connectivity index (χ2n) is 6.24. The minimum Gasteiger partial charge on any atom is -0.493 e. The molecule has 0 radical (unpaired) electrons. The molecule has 1 aromatic rings. The molecule has 2 N–H and O–H groups in total. The molecule has 0 bridgehead atoms. The number of amides is 1. The van der Waals surface area contributed by atoms with Crippen LogP contribution >= 0.6 is 0 Å². The van der Waals surface area contributed by atoms with Crippen molar-refractivity contribution in [2.45, 2.75) is 46.1 Å². The highest BCUT2D eigenvalue weighted by Gasteiger charge is 2.15. The van der Waals surface area contributed by atoms with Crippen molar-refractivity contribution >= 4 is 12.1 Å². The number of alkyl carbamates (subject to hydrolysis) is 1. The molecule has 0 aliphatic carbocycles. The maximum absolute atomic E-state index is 11.4. The third-order valence-electron chi connectivity index (χ3n) is 2.95. The molecule has 128 valence electrons. The van der Waals surface area contributed by atoms with Gasteiger partial charge in [0.15, 0.2) is 0 Å². The Morgan fingerprint density at radius 1 is 1.22 bits per heavy atom. The summed E-state index contributed by atoms with van der Waals surface area (Å²) in [6, 6.07) is 5.15. The van der Waals surface area contributed by atoms with Gasteiger partial charge < -0.3 is 19.9 Å². The van der Waals surface area contributed by atoms with Crippen LogP contribution < -0.4 is 10.1 Å². The van der Waals surface area contributed by atoms with E-state index >= 15 is 0 Å². The van der Waals surface area contributed by atoms with E-state index in [2.05, 4.69) is 5.32 Å². The number of carboxylic acid groups (broad SMARTS) is 1. The molecule has 6 heteroatoms. The average Bonchev–Trinajstić information content (AvgIpc) is 2.40. The Balaban J connectivity index is 2.30. The van der Waals surface area contributed by atoms with Crippen LogP contribution in [0.4, 0.5) is 4.79 Å².